The minimum Gasteiger partial charge on any atom is -0.393 e. The Morgan fingerprint density at radius 3 is 1.61 bits per heavy atom. The van der Waals surface area contributed by atoms with Gasteiger partial charge < -0.3 is 15.7 Å². The van der Waals surface area contributed by atoms with Gasteiger partial charge in [0, 0.05) is 22.2 Å². The first-order valence-corrected chi connectivity index (χ1v) is 11.8. The number of hydrogen-bond acceptors (Lipinski definition) is 3. The third-order valence-electron chi connectivity index (χ3n) is 4.70. The molecule has 0 saturated carbocycles. The fourth-order valence-electron chi connectivity index (χ4n) is 3.37. The smallest absolute Gasteiger partial charge is 0.251 e. The Morgan fingerprint density at radius 2 is 1.15 bits per heavy atom. The van der Waals surface area contributed by atoms with Crippen LogP contribution >= 0.6 is 0 Å². The molecule has 5 nitrogen and oxygen atoms in total. The maximum Gasteiger partial charge on any atom is 0.251 e. The predicted octanol–water partition coefficient (Wildman–Crippen LogP) is 5.31. The van der Waals surface area contributed by atoms with Crippen LogP contribution in [0, 0.1) is 0 Å². The highest BCUT2D eigenvalue weighted by Gasteiger charge is 2.20. The minimum absolute atomic E-state index is 0.109. The Hall–Kier alpha value is -2.66. The van der Waals surface area contributed by atoms with Gasteiger partial charge in [0.2, 0.25) is 0 Å². The van der Waals surface area contributed by atoms with Crippen molar-refractivity contribution in [2.45, 2.75) is 91.8 Å². The molecule has 0 aliphatic rings. The Kier molecular flexibility index (Phi) is 10.8. The molecule has 2 rings (SSSR count). The molecule has 0 saturated heterocycles. The summed E-state index contributed by atoms with van der Waals surface area (Å²) in [5.41, 5.74) is 2.29. The van der Waals surface area contributed by atoms with Gasteiger partial charge in [-0.15, -0.1) is 0 Å². The fourth-order valence-corrected chi connectivity index (χ4v) is 3.37. The first kappa shape index (κ1) is 28.4. The summed E-state index contributed by atoms with van der Waals surface area (Å²) in [5, 5.41) is 16.7. The number of nitrogens with one attached hydrogen (secondary N) is 2. The molecular formula is C28H42N2O3. The molecule has 182 valence electrons. The van der Waals surface area contributed by atoms with E-state index in [1.165, 1.54) is 0 Å². The van der Waals surface area contributed by atoms with Crippen LogP contribution in [0.5, 0.6) is 0 Å². The number of carbonyl (C=O) groups excluding carboxylic acids is 2. The Labute approximate surface area is 200 Å². The molecule has 3 N–H and O–H groups in total. The van der Waals surface area contributed by atoms with E-state index in [0.29, 0.717) is 30.4 Å². The topological polar surface area (TPSA) is 78.4 Å². The van der Waals surface area contributed by atoms with E-state index < -0.39 is 6.10 Å². The molecule has 0 bridgehead atoms. The first-order chi connectivity index (χ1) is 15.4. The summed E-state index contributed by atoms with van der Waals surface area (Å²) in [4.78, 5) is 25.3. The van der Waals surface area contributed by atoms with Gasteiger partial charge >= 0.3 is 0 Å². The molecule has 0 spiro atoms. The van der Waals surface area contributed by atoms with Crippen molar-refractivity contribution in [1.82, 2.24) is 10.6 Å². The van der Waals surface area contributed by atoms with E-state index >= 15 is 0 Å². The molecule has 1 unspecified atom stereocenters. The average molecular weight is 455 g/mol. The summed E-state index contributed by atoms with van der Waals surface area (Å²) >= 11 is 0. The van der Waals surface area contributed by atoms with Gasteiger partial charge in [0.1, 0.15) is 0 Å². The lowest BCUT2D eigenvalue weighted by Gasteiger charge is -2.22. The summed E-state index contributed by atoms with van der Waals surface area (Å²) in [6.45, 7) is 15.7. The second-order valence-corrected chi connectivity index (χ2v) is 10.1. The lowest BCUT2D eigenvalue weighted by Crippen LogP contribution is -2.41. The second kappa shape index (κ2) is 12.5. The van der Waals surface area contributed by atoms with Crippen molar-refractivity contribution < 1.29 is 14.7 Å². The Bertz CT molecular complexity index is 908. The van der Waals surface area contributed by atoms with Crippen molar-refractivity contribution in [2.24, 2.45) is 0 Å². The van der Waals surface area contributed by atoms with E-state index in [9.17, 15) is 14.7 Å². The van der Waals surface area contributed by atoms with Gasteiger partial charge in [-0.25, -0.2) is 0 Å². The summed E-state index contributed by atoms with van der Waals surface area (Å²) in [6, 6.07) is 14.9. The summed E-state index contributed by atoms with van der Waals surface area (Å²) in [6.07, 6.45) is 0.826. The number of aliphatic hydroxyl groups excluding tert-OH is 1. The third-order valence-corrected chi connectivity index (χ3v) is 4.70. The Balaban J connectivity index is 0.00000265. The monoisotopic (exact) mass is 454 g/mol. The van der Waals surface area contributed by atoms with Crippen LogP contribution < -0.4 is 10.6 Å². The van der Waals surface area contributed by atoms with Crippen molar-refractivity contribution in [3.63, 3.8) is 0 Å². The van der Waals surface area contributed by atoms with Crippen LogP contribution in [0.15, 0.2) is 48.5 Å². The highest BCUT2D eigenvalue weighted by molar-refractivity contribution is 5.96. The number of carbonyl (C=O) groups is 2. The largest absolute Gasteiger partial charge is 0.393 e. The van der Waals surface area contributed by atoms with Gasteiger partial charge in [-0.3, -0.25) is 9.59 Å². The molecule has 2 aromatic carbocycles. The quantitative estimate of drug-likeness (QED) is 0.531. The van der Waals surface area contributed by atoms with Gasteiger partial charge in [-0.2, -0.15) is 0 Å². The standard InChI is InChI=1S/C26H36N2O3.C2H6/c1-25(2,3)27-23(30)21-13-9-7-11-18(21)15-16-20(29)17-19-12-8-10-14-22(19)24(31)28-26(4,5)6;1-2/h7-14,20,29H,15-17H2,1-6H3,(H,27,30)(H,28,31);1-2H3. The molecule has 2 amide bonds. The highest BCUT2D eigenvalue weighted by Crippen LogP contribution is 2.18. The van der Waals surface area contributed by atoms with Crippen molar-refractivity contribution in [1.29, 1.82) is 0 Å². The van der Waals surface area contributed by atoms with E-state index in [0.717, 1.165) is 11.1 Å². The lowest BCUT2D eigenvalue weighted by atomic mass is 9.95. The highest BCUT2D eigenvalue weighted by atomic mass is 16.3. The molecule has 5 heteroatoms. The van der Waals surface area contributed by atoms with Gasteiger partial charge in [0.05, 0.1) is 6.10 Å². The predicted molar refractivity (Wildman–Crippen MR) is 137 cm³/mol. The summed E-state index contributed by atoms with van der Waals surface area (Å²) < 4.78 is 0. The molecule has 0 aliphatic heterocycles. The van der Waals surface area contributed by atoms with Crippen LogP contribution in [0.1, 0.15) is 93.7 Å². The van der Waals surface area contributed by atoms with Crippen LogP contribution in [0.25, 0.3) is 0 Å². The molecule has 0 radical (unpaired) electrons. The maximum absolute atomic E-state index is 12.6. The van der Waals surface area contributed by atoms with Crippen LogP contribution in [0.4, 0.5) is 0 Å². The van der Waals surface area contributed by atoms with E-state index in [4.69, 9.17) is 0 Å². The van der Waals surface area contributed by atoms with E-state index in [1.807, 2.05) is 97.9 Å². The van der Waals surface area contributed by atoms with Crippen molar-refractivity contribution >= 4 is 11.8 Å². The summed E-state index contributed by atoms with van der Waals surface area (Å²) in [7, 11) is 0. The second-order valence-electron chi connectivity index (χ2n) is 10.1. The zero-order valence-electron chi connectivity index (χ0n) is 21.6. The number of aryl methyl sites for hydroxylation is 1. The number of rotatable bonds is 7. The fraction of sp³-hybridized carbons (Fsp3) is 0.500. The van der Waals surface area contributed by atoms with E-state index in [1.54, 1.807) is 6.07 Å². The van der Waals surface area contributed by atoms with E-state index in [-0.39, 0.29) is 22.9 Å². The maximum atomic E-state index is 12.6. The summed E-state index contributed by atoms with van der Waals surface area (Å²) in [5.74, 6) is -0.249. The average Bonchev–Trinajstić information content (AvgIpc) is 2.72. The van der Waals surface area contributed by atoms with Gasteiger partial charge in [0.25, 0.3) is 11.8 Å². The zero-order chi connectivity index (χ0) is 25.2. The molecule has 2 aromatic rings. The first-order valence-electron chi connectivity index (χ1n) is 11.8. The van der Waals surface area contributed by atoms with Crippen LogP contribution in [0.3, 0.4) is 0 Å². The number of aliphatic hydroxyl groups is 1. The van der Waals surface area contributed by atoms with Crippen molar-refractivity contribution in [3.8, 4) is 0 Å². The molecule has 0 heterocycles. The molecule has 1 atom stereocenters. The molecule has 33 heavy (non-hydrogen) atoms. The van der Waals surface area contributed by atoms with Gasteiger partial charge in [-0.05, 0) is 84.1 Å². The van der Waals surface area contributed by atoms with Crippen molar-refractivity contribution in [2.75, 3.05) is 0 Å². The lowest BCUT2D eigenvalue weighted by molar-refractivity contribution is 0.0907. The molecule has 0 aliphatic carbocycles. The van der Waals surface area contributed by atoms with Crippen molar-refractivity contribution in [3.05, 3.63) is 70.8 Å². The SMILES string of the molecule is CC.CC(C)(C)NC(=O)c1ccccc1CCC(O)Cc1ccccc1C(=O)NC(C)(C)C. The minimum atomic E-state index is -0.623. The van der Waals surface area contributed by atoms with Crippen LogP contribution in [0.2, 0.25) is 0 Å². The van der Waals surface area contributed by atoms with E-state index in [2.05, 4.69) is 10.6 Å². The normalized spacial score (nSPS) is 12.3. The molecule has 0 fully saturated rings. The van der Waals surface area contributed by atoms with Gasteiger partial charge in [-0.1, -0.05) is 50.2 Å². The number of hydrogen-bond donors (Lipinski definition) is 3. The van der Waals surface area contributed by atoms with Crippen LogP contribution in [-0.4, -0.2) is 34.1 Å². The third kappa shape index (κ3) is 10.2. The molecular weight excluding hydrogens is 412 g/mol. The zero-order valence-corrected chi connectivity index (χ0v) is 21.6. The van der Waals surface area contributed by atoms with Crippen LogP contribution in [-0.2, 0) is 12.8 Å². The molecule has 0 aromatic heterocycles. The Morgan fingerprint density at radius 1 is 0.758 bits per heavy atom. The number of benzene rings is 2. The number of amides is 2. The van der Waals surface area contributed by atoms with Gasteiger partial charge in [0.15, 0.2) is 0 Å².